The molecule has 1 aromatic carbocycles. The molecule has 2 fully saturated rings. The molecule has 0 spiro atoms. The molecule has 1 N–H and O–H groups in total. The lowest BCUT2D eigenvalue weighted by atomic mass is 10.1. The minimum Gasteiger partial charge on any atom is -0.508 e. The summed E-state index contributed by atoms with van der Waals surface area (Å²) in [5.74, 6) is -0.870. The number of carbonyl (C=O) groups is 2. The zero-order valence-electron chi connectivity index (χ0n) is 14.5. The van der Waals surface area contributed by atoms with E-state index in [-0.39, 0.29) is 40.8 Å². The van der Waals surface area contributed by atoms with E-state index in [2.05, 4.69) is 0 Å². The van der Waals surface area contributed by atoms with E-state index in [1.807, 2.05) is 0 Å². The van der Waals surface area contributed by atoms with Crippen LogP contribution in [0.2, 0.25) is 0 Å². The first-order valence-corrected chi connectivity index (χ1v) is 10.7. The molecule has 1 saturated carbocycles. The van der Waals surface area contributed by atoms with E-state index in [1.54, 1.807) is 4.90 Å². The van der Waals surface area contributed by atoms with Gasteiger partial charge in [0.1, 0.15) is 5.75 Å². The van der Waals surface area contributed by atoms with Gasteiger partial charge in [-0.2, -0.15) is 0 Å². The van der Waals surface area contributed by atoms with Crippen LogP contribution in [-0.4, -0.2) is 60.5 Å². The Morgan fingerprint density at radius 2 is 1.73 bits per heavy atom. The number of carbonyl (C=O) groups excluding carboxylic acids is 2. The molecule has 1 atom stereocenters. The van der Waals surface area contributed by atoms with Crippen molar-refractivity contribution in [2.45, 2.75) is 44.2 Å². The predicted molar refractivity (Wildman–Crippen MR) is 94.6 cm³/mol. The summed E-state index contributed by atoms with van der Waals surface area (Å²) in [6.45, 7) is -0.410. The van der Waals surface area contributed by atoms with Gasteiger partial charge in [0, 0.05) is 12.1 Å². The molecular weight excluding hydrogens is 358 g/mol. The van der Waals surface area contributed by atoms with Gasteiger partial charge < -0.3 is 14.7 Å². The minimum atomic E-state index is -3.11. The van der Waals surface area contributed by atoms with Gasteiger partial charge in [-0.15, -0.1) is 0 Å². The van der Waals surface area contributed by atoms with Crippen LogP contribution in [0.1, 0.15) is 42.5 Å². The van der Waals surface area contributed by atoms with Gasteiger partial charge in [0.25, 0.3) is 5.91 Å². The third-order valence-electron chi connectivity index (χ3n) is 5.04. The van der Waals surface area contributed by atoms with E-state index in [1.165, 1.54) is 24.3 Å². The second-order valence-electron chi connectivity index (χ2n) is 6.92. The largest absolute Gasteiger partial charge is 0.508 e. The van der Waals surface area contributed by atoms with Gasteiger partial charge in [0.05, 0.1) is 17.1 Å². The van der Waals surface area contributed by atoms with Crippen LogP contribution in [0.5, 0.6) is 5.75 Å². The Balaban J connectivity index is 1.65. The Bertz CT molecular complexity index is 767. The lowest BCUT2D eigenvalue weighted by Crippen LogP contribution is -2.48. The Kier molecular flexibility index (Phi) is 5.50. The van der Waals surface area contributed by atoms with Crippen LogP contribution in [0.25, 0.3) is 0 Å². The van der Waals surface area contributed by atoms with Gasteiger partial charge in [0.15, 0.2) is 16.4 Å². The Hall–Kier alpha value is -2.09. The zero-order valence-corrected chi connectivity index (χ0v) is 15.3. The summed E-state index contributed by atoms with van der Waals surface area (Å²) in [6, 6.07) is 5.26. The molecule has 1 heterocycles. The average molecular weight is 381 g/mol. The van der Waals surface area contributed by atoms with Gasteiger partial charge in [-0.1, -0.05) is 12.8 Å². The summed E-state index contributed by atoms with van der Waals surface area (Å²) >= 11 is 0. The third-order valence-corrected chi connectivity index (χ3v) is 6.79. The molecule has 8 heteroatoms. The first kappa shape index (κ1) is 18.7. The average Bonchev–Trinajstić information content (AvgIpc) is 3.24. The summed E-state index contributed by atoms with van der Waals surface area (Å²) in [5.41, 5.74) is 0.242. The van der Waals surface area contributed by atoms with Crippen LogP contribution in [0.3, 0.4) is 0 Å². The topological polar surface area (TPSA) is 101 Å². The van der Waals surface area contributed by atoms with E-state index < -0.39 is 22.4 Å². The molecule has 1 aromatic rings. The quantitative estimate of drug-likeness (QED) is 0.776. The van der Waals surface area contributed by atoms with Crippen molar-refractivity contribution >= 4 is 21.7 Å². The molecule has 0 bridgehead atoms. The normalized spacial score (nSPS) is 22.2. The van der Waals surface area contributed by atoms with Crippen molar-refractivity contribution in [3.05, 3.63) is 29.8 Å². The minimum absolute atomic E-state index is 0.0127. The molecule has 1 aliphatic heterocycles. The van der Waals surface area contributed by atoms with Crippen molar-refractivity contribution in [2.75, 3.05) is 18.1 Å². The molecule has 0 aromatic heterocycles. The highest BCUT2D eigenvalue weighted by Gasteiger charge is 2.39. The standard InChI is InChI=1S/C18H23NO6S/c20-16-7-5-13(6-8-16)18(22)25-11-17(21)19(14-3-1-2-4-14)15-9-10-26(23,24)12-15/h5-8,14-15,20H,1-4,9-12H2/t15-/m0/s1. The number of hydrogen-bond donors (Lipinski definition) is 1. The molecule has 3 rings (SSSR count). The van der Waals surface area contributed by atoms with Gasteiger partial charge >= 0.3 is 5.97 Å². The van der Waals surface area contributed by atoms with E-state index >= 15 is 0 Å². The highest BCUT2D eigenvalue weighted by molar-refractivity contribution is 7.91. The van der Waals surface area contributed by atoms with E-state index in [4.69, 9.17) is 4.74 Å². The number of aromatic hydroxyl groups is 1. The summed E-state index contributed by atoms with van der Waals surface area (Å²) in [4.78, 5) is 26.4. The molecule has 7 nitrogen and oxygen atoms in total. The SMILES string of the molecule is O=C(OCC(=O)N(C1CCCC1)[C@H]1CCS(=O)(=O)C1)c1ccc(O)cc1. The van der Waals surface area contributed by atoms with E-state index in [9.17, 15) is 23.1 Å². The summed E-state index contributed by atoms with van der Waals surface area (Å²) in [6.07, 6.45) is 4.18. The van der Waals surface area contributed by atoms with Crippen LogP contribution in [-0.2, 0) is 19.4 Å². The molecule has 142 valence electrons. The second-order valence-corrected chi connectivity index (χ2v) is 9.15. The molecule has 0 radical (unpaired) electrons. The number of ether oxygens (including phenoxy) is 1. The highest BCUT2D eigenvalue weighted by atomic mass is 32.2. The van der Waals surface area contributed by atoms with Crippen molar-refractivity contribution in [1.82, 2.24) is 4.90 Å². The molecule has 1 aliphatic carbocycles. The predicted octanol–water partition coefficient (Wildman–Crippen LogP) is 1.51. The number of benzene rings is 1. The van der Waals surface area contributed by atoms with Crippen molar-refractivity contribution in [3.8, 4) is 5.75 Å². The van der Waals surface area contributed by atoms with Crippen molar-refractivity contribution in [1.29, 1.82) is 0 Å². The van der Waals surface area contributed by atoms with Crippen LogP contribution >= 0.6 is 0 Å². The Labute approximate surface area is 152 Å². The number of esters is 1. The number of amides is 1. The molecule has 1 amide bonds. The maximum absolute atomic E-state index is 12.7. The number of nitrogens with zero attached hydrogens (tertiary/aromatic N) is 1. The summed E-state index contributed by atoms with van der Waals surface area (Å²) < 4.78 is 28.8. The van der Waals surface area contributed by atoms with Gasteiger partial charge in [-0.05, 0) is 43.5 Å². The van der Waals surface area contributed by atoms with E-state index in [0.29, 0.717) is 6.42 Å². The fourth-order valence-electron chi connectivity index (χ4n) is 3.77. The summed E-state index contributed by atoms with van der Waals surface area (Å²) in [7, 11) is -3.11. The smallest absolute Gasteiger partial charge is 0.338 e. The Morgan fingerprint density at radius 3 is 2.31 bits per heavy atom. The maximum Gasteiger partial charge on any atom is 0.338 e. The number of rotatable bonds is 5. The zero-order chi connectivity index (χ0) is 18.7. The first-order valence-electron chi connectivity index (χ1n) is 8.83. The van der Waals surface area contributed by atoms with Crippen molar-refractivity contribution in [2.24, 2.45) is 0 Å². The van der Waals surface area contributed by atoms with Crippen LogP contribution in [0.4, 0.5) is 0 Å². The van der Waals surface area contributed by atoms with Gasteiger partial charge in [-0.25, -0.2) is 13.2 Å². The maximum atomic E-state index is 12.7. The third kappa shape index (κ3) is 4.35. The second kappa shape index (κ2) is 7.65. The lowest BCUT2D eigenvalue weighted by Gasteiger charge is -2.33. The molecular formula is C18H23NO6S. The molecule has 2 aliphatic rings. The van der Waals surface area contributed by atoms with E-state index in [0.717, 1.165) is 25.7 Å². The fourth-order valence-corrected chi connectivity index (χ4v) is 5.48. The molecule has 1 saturated heterocycles. The van der Waals surface area contributed by atoms with Crippen LogP contribution in [0, 0.1) is 0 Å². The van der Waals surface area contributed by atoms with Crippen molar-refractivity contribution < 1.29 is 27.9 Å². The number of hydrogen-bond acceptors (Lipinski definition) is 6. The number of phenols is 1. The fraction of sp³-hybridized carbons (Fsp3) is 0.556. The molecule has 26 heavy (non-hydrogen) atoms. The number of sulfone groups is 1. The Morgan fingerprint density at radius 1 is 1.08 bits per heavy atom. The van der Waals surface area contributed by atoms with Gasteiger partial charge in [0.2, 0.25) is 0 Å². The monoisotopic (exact) mass is 381 g/mol. The first-order chi connectivity index (χ1) is 12.4. The van der Waals surface area contributed by atoms with Crippen molar-refractivity contribution in [3.63, 3.8) is 0 Å². The summed E-state index contributed by atoms with van der Waals surface area (Å²) in [5, 5.41) is 9.25. The number of phenolic OH excluding ortho intramolecular Hbond substituents is 1. The highest BCUT2D eigenvalue weighted by Crippen LogP contribution is 2.29. The van der Waals surface area contributed by atoms with Crippen LogP contribution < -0.4 is 0 Å². The van der Waals surface area contributed by atoms with Gasteiger partial charge in [-0.3, -0.25) is 4.79 Å². The lowest BCUT2D eigenvalue weighted by molar-refractivity contribution is -0.139. The molecule has 0 unspecified atom stereocenters. The van der Waals surface area contributed by atoms with Crippen LogP contribution in [0.15, 0.2) is 24.3 Å².